The van der Waals surface area contributed by atoms with E-state index in [-0.39, 0.29) is 0 Å². The van der Waals surface area contributed by atoms with Crippen molar-refractivity contribution in [1.82, 2.24) is 9.13 Å². The van der Waals surface area contributed by atoms with Gasteiger partial charge in [-0.05, 0) is 79.4 Å². The zero-order chi connectivity index (χ0) is 41.7. The molecule has 2 aromatic heterocycles. The molecule has 296 valence electrons. The Morgan fingerprint density at radius 3 is 1.25 bits per heavy atom. The van der Waals surface area contributed by atoms with Crippen LogP contribution in [0.5, 0.6) is 0 Å². The van der Waals surface area contributed by atoms with Crippen molar-refractivity contribution in [2.75, 3.05) is 0 Å². The van der Waals surface area contributed by atoms with Crippen LogP contribution >= 0.6 is 0 Å². The molecule has 0 aliphatic heterocycles. The summed E-state index contributed by atoms with van der Waals surface area (Å²) in [6, 6.07) is 94.3. The van der Waals surface area contributed by atoms with E-state index in [1.807, 2.05) is 0 Å². The molecule has 0 fully saturated rings. The lowest BCUT2D eigenvalue weighted by Gasteiger charge is -2.35. The van der Waals surface area contributed by atoms with E-state index in [0.717, 1.165) is 11.4 Å². The van der Waals surface area contributed by atoms with E-state index in [4.69, 9.17) is 0 Å². The normalized spacial score (nSPS) is 11.8. The van der Waals surface area contributed by atoms with E-state index in [1.54, 1.807) is 0 Å². The second kappa shape index (κ2) is 15.2. The summed E-state index contributed by atoms with van der Waals surface area (Å²) in [5.41, 5.74) is 11.9. The maximum absolute atomic E-state index is 2.96. The van der Waals surface area contributed by atoms with Gasteiger partial charge in [0.25, 0.3) is 0 Å². The summed E-state index contributed by atoms with van der Waals surface area (Å²) in [6.07, 6.45) is 0. The molecular weight excluding hydrogens is 777 g/mol. The van der Waals surface area contributed by atoms with Crippen molar-refractivity contribution in [3.8, 4) is 33.6 Å². The molecule has 2 nitrogen and oxygen atoms in total. The van der Waals surface area contributed by atoms with Gasteiger partial charge in [0.05, 0.1) is 27.8 Å². The fourth-order valence-electron chi connectivity index (χ4n) is 10.4. The van der Waals surface area contributed by atoms with Gasteiger partial charge in [-0.1, -0.05) is 218 Å². The van der Waals surface area contributed by atoms with Gasteiger partial charge in [-0.15, -0.1) is 0 Å². The molecule has 2 heterocycles. The van der Waals surface area contributed by atoms with Gasteiger partial charge in [0, 0.05) is 27.2 Å². The zero-order valence-corrected chi connectivity index (χ0v) is 35.6. The molecule has 10 aromatic carbocycles. The molecule has 0 saturated carbocycles. The SMILES string of the molecule is c1ccc(-c2cccc(-c3ccc(-n4c5ccccc5c5cccc(-n6c7ccccc7c7cccc([Si](c8ccccc8)(c8ccccc8)c8ccccc8)c76)c54)cc3)c2)cc1. The summed E-state index contributed by atoms with van der Waals surface area (Å²) >= 11 is 0. The zero-order valence-electron chi connectivity index (χ0n) is 34.6. The van der Waals surface area contributed by atoms with E-state index in [1.165, 1.54) is 86.6 Å². The fourth-order valence-corrected chi connectivity index (χ4v) is 15.3. The second-order valence-electron chi connectivity index (χ2n) is 16.4. The number of fused-ring (bicyclic) bond motifs is 6. The monoisotopic (exact) mass is 818 g/mol. The summed E-state index contributed by atoms with van der Waals surface area (Å²) < 4.78 is 5.08. The molecule has 0 N–H and O–H groups in total. The summed E-state index contributed by atoms with van der Waals surface area (Å²) in [4.78, 5) is 0. The molecule has 12 rings (SSSR count). The van der Waals surface area contributed by atoms with Crippen molar-refractivity contribution in [3.63, 3.8) is 0 Å². The number of para-hydroxylation sites is 4. The van der Waals surface area contributed by atoms with Crippen LogP contribution in [0.3, 0.4) is 0 Å². The molecule has 0 spiro atoms. The van der Waals surface area contributed by atoms with Crippen LogP contribution in [0.4, 0.5) is 0 Å². The molecular formula is C60H42N2Si. The van der Waals surface area contributed by atoms with Gasteiger partial charge >= 0.3 is 0 Å². The number of rotatable bonds is 8. The lowest BCUT2D eigenvalue weighted by Crippen LogP contribution is -2.75. The highest BCUT2D eigenvalue weighted by Gasteiger charge is 2.43. The minimum absolute atomic E-state index is 1.12. The molecule has 0 saturated heterocycles. The topological polar surface area (TPSA) is 9.86 Å². The number of hydrogen-bond acceptors (Lipinski definition) is 0. The van der Waals surface area contributed by atoms with Gasteiger partial charge in [-0.25, -0.2) is 0 Å². The third-order valence-corrected chi connectivity index (χ3v) is 17.9. The van der Waals surface area contributed by atoms with Crippen LogP contribution < -0.4 is 20.7 Å². The minimum Gasteiger partial charge on any atom is -0.307 e. The van der Waals surface area contributed by atoms with E-state index in [2.05, 4.69) is 264 Å². The van der Waals surface area contributed by atoms with E-state index >= 15 is 0 Å². The first-order chi connectivity index (χ1) is 31.3. The van der Waals surface area contributed by atoms with Crippen LogP contribution in [-0.2, 0) is 0 Å². The van der Waals surface area contributed by atoms with Gasteiger partial charge in [-0.3, -0.25) is 0 Å². The lowest BCUT2D eigenvalue weighted by atomic mass is 9.99. The van der Waals surface area contributed by atoms with Crippen LogP contribution in [0.15, 0.2) is 255 Å². The maximum atomic E-state index is 2.59. The Balaban J connectivity index is 1.16. The van der Waals surface area contributed by atoms with Crippen molar-refractivity contribution in [1.29, 1.82) is 0 Å². The average Bonchev–Trinajstić information content (AvgIpc) is 3.89. The molecule has 0 bridgehead atoms. The van der Waals surface area contributed by atoms with Gasteiger partial charge in [0.2, 0.25) is 0 Å². The molecule has 0 atom stereocenters. The Morgan fingerprint density at radius 2 is 0.683 bits per heavy atom. The average molecular weight is 819 g/mol. The highest BCUT2D eigenvalue weighted by molar-refractivity contribution is 7.20. The van der Waals surface area contributed by atoms with Gasteiger partial charge in [0.1, 0.15) is 0 Å². The molecule has 3 heteroatoms. The van der Waals surface area contributed by atoms with Crippen molar-refractivity contribution in [2.45, 2.75) is 0 Å². The summed E-state index contributed by atoms with van der Waals surface area (Å²) in [6.45, 7) is 0. The fraction of sp³-hybridized carbons (Fsp3) is 0. The number of benzene rings is 10. The quantitative estimate of drug-likeness (QED) is 0.107. The second-order valence-corrected chi connectivity index (χ2v) is 20.2. The Labute approximate surface area is 368 Å². The van der Waals surface area contributed by atoms with Crippen LogP contribution in [0, 0.1) is 0 Å². The predicted octanol–water partition coefficient (Wildman–Crippen LogP) is 12.6. The number of aromatic nitrogens is 2. The highest BCUT2D eigenvalue weighted by Crippen LogP contribution is 2.40. The van der Waals surface area contributed by atoms with Crippen molar-refractivity contribution in [2.24, 2.45) is 0 Å². The Bertz CT molecular complexity index is 3490. The minimum atomic E-state index is -2.96. The largest absolute Gasteiger partial charge is 0.307 e. The first-order valence-electron chi connectivity index (χ1n) is 21.8. The molecule has 12 aromatic rings. The molecule has 0 amide bonds. The van der Waals surface area contributed by atoms with Crippen molar-refractivity contribution < 1.29 is 0 Å². The Hall–Kier alpha value is -7.98. The molecule has 0 aliphatic carbocycles. The van der Waals surface area contributed by atoms with E-state index in [9.17, 15) is 0 Å². The lowest BCUT2D eigenvalue weighted by molar-refractivity contribution is 1.13. The van der Waals surface area contributed by atoms with Crippen LogP contribution in [0.1, 0.15) is 0 Å². The third-order valence-electron chi connectivity index (χ3n) is 13.1. The van der Waals surface area contributed by atoms with Crippen molar-refractivity contribution in [3.05, 3.63) is 255 Å². The first-order valence-corrected chi connectivity index (χ1v) is 23.8. The van der Waals surface area contributed by atoms with Crippen molar-refractivity contribution >= 4 is 72.4 Å². The van der Waals surface area contributed by atoms with Gasteiger partial charge < -0.3 is 9.13 Å². The molecule has 0 unspecified atom stereocenters. The van der Waals surface area contributed by atoms with E-state index < -0.39 is 8.07 Å². The third kappa shape index (κ3) is 5.85. The number of hydrogen-bond donors (Lipinski definition) is 0. The Morgan fingerprint density at radius 1 is 0.270 bits per heavy atom. The van der Waals surface area contributed by atoms with E-state index in [0.29, 0.717) is 0 Å². The standard InChI is InChI=1S/C60H42N2Si/c1-5-20-43(21-6-1)45-22-17-23-46(42-45)44-38-40-47(41-39-44)61-55-34-15-13-30-51(55)53-32-18-36-57(59(53)61)62-56-35-16-14-31-52(56)54-33-19-37-58(60(54)62)63(48-24-7-2-8-25-48,49-26-9-3-10-27-49)50-28-11-4-12-29-50/h1-42H. The molecule has 63 heavy (non-hydrogen) atoms. The van der Waals surface area contributed by atoms with Crippen LogP contribution in [0.25, 0.3) is 77.2 Å². The summed E-state index contributed by atoms with van der Waals surface area (Å²) in [5.74, 6) is 0. The summed E-state index contributed by atoms with van der Waals surface area (Å²) in [7, 11) is -2.96. The molecule has 0 aliphatic rings. The molecule has 0 radical (unpaired) electrons. The Kier molecular flexibility index (Phi) is 8.87. The first kappa shape index (κ1) is 36.8. The predicted molar refractivity (Wildman–Crippen MR) is 270 cm³/mol. The van der Waals surface area contributed by atoms with Crippen LogP contribution in [0.2, 0.25) is 0 Å². The van der Waals surface area contributed by atoms with Gasteiger partial charge in [-0.2, -0.15) is 0 Å². The smallest absolute Gasteiger partial charge is 0.181 e. The summed E-state index contributed by atoms with van der Waals surface area (Å²) in [5, 5.41) is 10.4. The maximum Gasteiger partial charge on any atom is 0.181 e. The highest BCUT2D eigenvalue weighted by atomic mass is 28.3. The number of nitrogens with zero attached hydrogens (tertiary/aromatic N) is 2. The van der Waals surface area contributed by atoms with Gasteiger partial charge in [0.15, 0.2) is 8.07 Å². The van der Waals surface area contributed by atoms with Crippen LogP contribution in [-0.4, -0.2) is 17.2 Å².